The minimum atomic E-state index is -0.624. The Labute approximate surface area is 147 Å². The van der Waals surface area contributed by atoms with Gasteiger partial charge in [-0.25, -0.2) is 0 Å². The van der Waals surface area contributed by atoms with Gasteiger partial charge < -0.3 is 15.1 Å². The molecular formula is C19H23N3O3. The molecule has 1 aliphatic heterocycles. The number of para-hydroxylation sites is 1. The van der Waals surface area contributed by atoms with Gasteiger partial charge in [0, 0.05) is 12.2 Å². The van der Waals surface area contributed by atoms with E-state index in [1.165, 1.54) is 0 Å². The van der Waals surface area contributed by atoms with Crippen LogP contribution in [0.15, 0.2) is 53.1 Å². The number of carbonyl (C=O) groups excluding carboxylic acids is 2. The highest BCUT2D eigenvalue weighted by Gasteiger charge is 2.21. The molecule has 0 spiro atoms. The minimum Gasteiger partial charge on any atom is -0.468 e. The zero-order chi connectivity index (χ0) is 17.5. The molecule has 6 heteroatoms. The maximum absolute atomic E-state index is 11.9. The van der Waals surface area contributed by atoms with Crippen LogP contribution in [0.2, 0.25) is 0 Å². The van der Waals surface area contributed by atoms with Crippen molar-refractivity contribution in [1.29, 1.82) is 0 Å². The second-order valence-corrected chi connectivity index (χ2v) is 6.33. The molecule has 0 saturated carbocycles. The first kappa shape index (κ1) is 17.2. The summed E-state index contributed by atoms with van der Waals surface area (Å²) in [4.78, 5) is 26.1. The lowest BCUT2D eigenvalue weighted by molar-refractivity contribution is -0.136. The molecule has 1 aromatic carbocycles. The molecule has 0 unspecified atom stereocenters. The molecule has 0 bridgehead atoms. The van der Waals surface area contributed by atoms with Gasteiger partial charge in [0.2, 0.25) is 0 Å². The van der Waals surface area contributed by atoms with Crippen LogP contribution in [0.5, 0.6) is 0 Å². The molecule has 2 amide bonds. The fourth-order valence-corrected chi connectivity index (χ4v) is 3.00. The maximum Gasteiger partial charge on any atom is 0.313 e. The van der Waals surface area contributed by atoms with Crippen LogP contribution in [-0.2, 0) is 16.1 Å². The summed E-state index contributed by atoms with van der Waals surface area (Å²) in [6, 6.07) is 12.9. The number of likely N-dealkylation sites (tertiary alicyclic amines) is 1. The molecule has 0 aliphatic carbocycles. The zero-order valence-electron chi connectivity index (χ0n) is 14.1. The van der Waals surface area contributed by atoms with Crippen LogP contribution >= 0.6 is 0 Å². The van der Waals surface area contributed by atoms with Gasteiger partial charge in [0.15, 0.2) is 0 Å². The molecular weight excluding hydrogens is 318 g/mol. The summed E-state index contributed by atoms with van der Waals surface area (Å²) in [6.45, 7) is 3.30. The number of nitrogens with one attached hydrogen (secondary N) is 2. The summed E-state index contributed by atoms with van der Waals surface area (Å²) in [7, 11) is 0. The molecule has 0 radical (unpaired) electrons. The number of carbonyl (C=O) groups is 2. The van der Waals surface area contributed by atoms with Crippen molar-refractivity contribution in [3.8, 4) is 0 Å². The van der Waals surface area contributed by atoms with E-state index in [1.807, 2.05) is 30.3 Å². The lowest BCUT2D eigenvalue weighted by Crippen LogP contribution is -2.41. The Bertz CT molecular complexity index is 677. The number of nitrogens with zero attached hydrogens (tertiary/aromatic N) is 1. The lowest BCUT2D eigenvalue weighted by atomic mass is 9.96. The maximum atomic E-state index is 11.9. The molecule has 1 aromatic heterocycles. The number of amides is 2. The van der Waals surface area contributed by atoms with E-state index in [0.717, 1.165) is 38.2 Å². The summed E-state index contributed by atoms with van der Waals surface area (Å²) < 4.78 is 5.37. The molecule has 3 rings (SSSR count). The monoisotopic (exact) mass is 341 g/mol. The summed E-state index contributed by atoms with van der Waals surface area (Å²) in [5.41, 5.74) is 0.619. The van der Waals surface area contributed by atoms with Crippen molar-refractivity contribution < 1.29 is 14.0 Å². The highest BCUT2D eigenvalue weighted by molar-refractivity contribution is 6.39. The van der Waals surface area contributed by atoms with E-state index < -0.39 is 11.8 Å². The predicted octanol–water partition coefficient (Wildman–Crippen LogP) is 2.25. The fraction of sp³-hybridized carbons (Fsp3) is 0.368. The van der Waals surface area contributed by atoms with E-state index >= 15 is 0 Å². The van der Waals surface area contributed by atoms with E-state index in [2.05, 4.69) is 15.5 Å². The smallest absolute Gasteiger partial charge is 0.313 e. The van der Waals surface area contributed by atoms with Gasteiger partial charge in [-0.3, -0.25) is 14.5 Å². The number of furan rings is 1. The van der Waals surface area contributed by atoms with Crippen LogP contribution in [-0.4, -0.2) is 36.3 Å². The van der Waals surface area contributed by atoms with Gasteiger partial charge in [0.05, 0.1) is 12.8 Å². The van der Waals surface area contributed by atoms with E-state index in [1.54, 1.807) is 18.4 Å². The molecule has 1 aliphatic rings. The molecule has 6 nitrogen and oxygen atoms in total. The van der Waals surface area contributed by atoms with Crippen LogP contribution in [0, 0.1) is 5.92 Å². The topological polar surface area (TPSA) is 74.6 Å². The van der Waals surface area contributed by atoms with E-state index in [9.17, 15) is 9.59 Å². The molecule has 2 aromatic rings. The Morgan fingerprint density at radius 2 is 1.80 bits per heavy atom. The fourth-order valence-electron chi connectivity index (χ4n) is 3.00. The lowest BCUT2D eigenvalue weighted by Gasteiger charge is -2.31. The second-order valence-electron chi connectivity index (χ2n) is 6.33. The number of rotatable bonds is 5. The molecule has 1 fully saturated rings. The summed E-state index contributed by atoms with van der Waals surface area (Å²) >= 11 is 0. The normalized spacial score (nSPS) is 15.7. The average molecular weight is 341 g/mol. The van der Waals surface area contributed by atoms with Crippen LogP contribution in [0.25, 0.3) is 0 Å². The molecule has 2 N–H and O–H groups in total. The van der Waals surface area contributed by atoms with Crippen molar-refractivity contribution in [2.45, 2.75) is 19.4 Å². The molecule has 132 valence electrons. The second kappa shape index (κ2) is 8.48. The van der Waals surface area contributed by atoms with E-state index in [-0.39, 0.29) is 0 Å². The minimum absolute atomic E-state index is 0.404. The van der Waals surface area contributed by atoms with Crippen molar-refractivity contribution in [1.82, 2.24) is 10.2 Å². The van der Waals surface area contributed by atoms with E-state index in [4.69, 9.17) is 4.42 Å². The van der Waals surface area contributed by atoms with Gasteiger partial charge in [-0.1, -0.05) is 18.2 Å². The zero-order valence-corrected chi connectivity index (χ0v) is 14.1. The third-order valence-corrected chi connectivity index (χ3v) is 4.46. The predicted molar refractivity (Wildman–Crippen MR) is 94.8 cm³/mol. The Hall–Kier alpha value is -2.60. The standard InChI is InChI=1S/C19H23N3O3/c23-18(19(24)21-16-5-2-1-3-6-16)20-13-15-8-10-22(11-9-15)14-17-7-4-12-25-17/h1-7,12,15H,8-11,13-14H2,(H,20,23)(H,21,24). The van der Waals surface area contributed by atoms with E-state index in [0.29, 0.717) is 18.2 Å². The SMILES string of the molecule is O=C(NCC1CCN(Cc2ccco2)CC1)C(=O)Nc1ccccc1. The van der Waals surface area contributed by atoms with Gasteiger partial charge in [-0.15, -0.1) is 0 Å². The van der Waals surface area contributed by atoms with Gasteiger partial charge >= 0.3 is 11.8 Å². The molecule has 1 saturated heterocycles. The molecule has 2 heterocycles. The summed E-state index contributed by atoms with van der Waals surface area (Å²) in [5, 5.41) is 5.34. The Kier molecular flexibility index (Phi) is 5.85. The quantitative estimate of drug-likeness (QED) is 0.818. The number of anilines is 1. The first-order chi connectivity index (χ1) is 12.2. The van der Waals surface area contributed by atoms with Gasteiger partial charge in [0.25, 0.3) is 0 Å². The largest absolute Gasteiger partial charge is 0.468 e. The van der Waals surface area contributed by atoms with Crippen molar-refractivity contribution in [2.75, 3.05) is 25.0 Å². The third kappa shape index (κ3) is 5.19. The number of hydrogen-bond acceptors (Lipinski definition) is 4. The van der Waals surface area contributed by atoms with Crippen LogP contribution in [0.4, 0.5) is 5.69 Å². The van der Waals surface area contributed by atoms with Crippen molar-refractivity contribution in [2.24, 2.45) is 5.92 Å². The van der Waals surface area contributed by atoms with Crippen molar-refractivity contribution >= 4 is 17.5 Å². The Balaban J connectivity index is 1.36. The summed E-state index contributed by atoms with van der Waals surface area (Å²) in [6.07, 6.45) is 3.70. The van der Waals surface area contributed by atoms with Crippen molar-refractivity contribution in [3.05, 3.63) is 54.5 Å². The first-order valence-electron chi connectivity index (χ1n) is 8.59. The Morgan fingerprint density at radius 1 is 1.04 bits per heavy atom. The third-order valence-electron chi connectivity index (χ3n) is 4.46. The number of hydrogen-bond donors (Lipinski definition) is 2. The van der Waals surface area contributed by atoms with Crippen LogP contribution in [0.3, 0.4) is 0 Å². The van der Waals surface area contributed by atoms with Gasteiger partial charge in [-0.2, -0.15) is 0 Å². The van der Waals surface area contributed by atoms with Gasteiger partial charge in [-0.05, 0) is 56.1 Å². The molecule has 0 atom stereocenters. The van der Waals surface area contributed by atoms with Crippen molar-refractivity contribution in [3.63, 3.8) is 0 Å². The van der Waals surface area contributed by atoms with Crippen LogP contribution in [0.1, 0.15) is 18.6 Å². The number of benzene rings is 1. The van der Waals surface area contributed by atoms with Gasteiger partial charge in [0.1, 0.15) is 5.76 Å². The summed E-state index contributed by atoms with van der Waals surface area (Å²) in [5.74, 6) is 0.175. The first-order valence-corrected chi connectivity index (χ1v) is 8.59. The van der Waals surface area contributed by atoms with Crippen LogP contribution < -0.4 is 10.6 Å². The average Bonchev–Trinajstić information content (AvgIpc) is 3.14. The number of piperidine rings is 1. The Morgan fingerprint density at radius 3 is 2.48 bits per heavy atom. The highest BCUT2D eigenvalue weighted by atomic mass is 16.3. The highest BCUT2D eigenvalue weighted by Crippen LogP contribution is 2.18. The molecule has 25 heavy (non-hydrogen) atoms.